The van der Waals surface area contributed by atoms with E-state index in [9.17, 15) is 0 Å². The Bertz CT molecular complexity index is 3720. The van der Waals surface area contributed by atoms with Gasteiger partial charge >= 0.3 is 0 Å². The van der Waals surface area contributed by atoms with Gasteiger partial charge < -0.3 is 4.57 Å². The van der Waals surface area contributed by atoms with Gasteiger partial charge in [0.2, 0.25) is 0 Å². The average Bonchev–Trinajstić information content (AvgIpc) is 3.88. The lowest BCUT2D eigenvalue weighted by molar-refractivity contribution is 0.662. The van der Waals surface area contributed by atoms with Gasteiger partial charge in [0.25, 0.3) is 0 Å². The van der Waals surface area contributed by atoms with Crippen LogP contribution in [0.1, 0.15) is 25.0 Å². The van der Waals surface area contributed by atoms with Crippen molar-refractivity contribution in [2.75, 3.05) is 0 Å². The molecule has 13 rings (SSSR count). The highest BCUT2D eigenvalue weighted by Crippen LogP contribution is 2.55. The number of nitrogens with zero attached hydrogens (tertiary/aromatic N) is 3. The molecule has 1 aliphatic carbocycles. The smallest absolute Gasteiger partial charge is 0.145 e. The summed E-state index contributed by atoms with van der Waals surface area (Å²) >= 11 is 0. The molecule has 59 heavy (non-hydrogen) atoms. The molecule has 0 aliphatic heterocycles. The van der Waals surface area contributed by atoms with E-state index in [4.69, 9.17) is 4.98 Å². The normalized spacial score (nSPS) is 13.4. The Morgan fingerprint density at radius 2 is 1.02 bits per heavy atom. The Balaban J connectivity index is 1.05. The van der Waals surface area contributed by atoms with Gasteiger partial charge in [-0.15, -0.1) is 0 Å². The first-order valence-corrected chi connectivity index (χ1v) is 20.5. The molecular formula is C56H37N3. The van der Waals surface area contributed by atoms with Crippen LogP contribution < -0.4 is 0 Å². The lowest BCUT2D eigenvalue weighted by atomic mass is 9.81. The maximum atomic E-state index is 5.07. The lowest BCUT2D eigenvalue weighted by Gasteiger charge is -2.22. The van der Waals surface area contributed by atoms with Gasteiger partial charge in [0, 0.05) is 44.5 Å². The molecule has 0 radical (unpaired) electrons. The van der Waals surface area contributed by atoms with Crippen LogP contribution in [-0.2, 0) is 5.41 Å². The molecule has 0 spiro atoms. The molecule has 3 aromatic heterocycles. The maximum absolute atomic E-state index is 5.07. The number of rotatable bonds is 3. The van der Waals surface area contributed by atoms with Crippen molar-refractivity contribution < 1.29 is 0 Å². The molecule has 9 aromatic carbocycles. The Hall–Kier alpha value is -7.49. The van der Waals surface area contributed by atoms with E-state index < -0.39 is 0 Å². The summed E-state index contributed by atoms with van der Waals surface area (Å²) in [6, 6.07) is 67.2. The number of para-hydroxylation sites is 2. The fourth-order valence-corrected chi connectivity index (χ4v) is 10.6. The Morgan fingerprint density at radius 3 is 1.83 bits per heavy atom. The molecule has 3 heteroatoms. The first-order valence-electron chi connectivity index (χ1n) is 20.5. The van der Waals surface area contributed by atoms with Crippen molar-refractivity contribution in [1.82, 2.24) is 14.1 Å². The van der Waals surface area contributed by atoms with Crippen LogP contribution in [0.3, 0.4) is 0 Å². The highest BCUT2D eigenvalue weighted by molar-refractivity contribution is 6.29. The Morgan fingerprint density at radius 1 is 0.390 bits per heavy atom. The molecule has 1 aliphatic rings. The fourth-order valence-electron chi connectivity index (χ4n) is 10.6. The topological polar surface area (TPSA) is 22.8 Å². The minimum atomic E-state index is -0.182. The number of hydrogen-bond donors (Lipinski definition) is 0. The minimum Gasteiger partial charge on any atom is -0.309 e. The molecule has 0 saturated carbocycles. The third-order valence-corrected chi connectivity index (χ3v) is 13.3. The fraction of sp³-hybridized carbons (Fsp3) is 0.0536. The second-order valence-corrected chi connectivity index (χ2v) is 16.7. The van der Waals surface area contributed by atoms with E-state index in [1.807, 2.05) is 6.20 Å². The molecular weight excluding hydrogens is 715 g/mol. The SMILES string of the molecule is CC1(C)c2cc3c4cccnc4n(-c4cccc(-c5ccc6c(c5)c5ccccc5n6-c5ccccc5)c4)c3cc2-c2c1ccc1c3ccccc3c3ccccc3c21. The second-order valence-electron chi connectivity index (χ2n) is 16.7. The van der Waals surface area contributed by atoms with Crippen LogP contribution in [0.5, 0.6) is 0 Å². The predicted octanol–water partition coefficient (Wildman–Crippen LogP) is 14.7. The van der Waals surface area contributed by atoms with Crippen LogP contribution in [0.25, 0.3) is 110 Å². The van der Waals surface area contributed by atoms with Crippen molar-refractivity contribution >= 4 is 76.1 Å². The summed E-state index contributed by atoms with van der Waals surface area (Å²) in [6.07, 6.45) is 1.93. The Kier molecular flexibility index (Phi) is 6.51. The Labute approximate surface area is 341 Å². The van der Waals surface area contributed by atoms with Crippen LogP contribution in [0.4, 0.5) is 0 Å². The van der Waals surface area contributed by atoms with Crippen molar-refractivity contribution in [2.45, 2.75) is 19.3 Å². The van der Waals surface area contributed by atoms with E-state index in [-0.39, 0.29) is 5.41 Å². The first-order chi connectivity index (χ1) is 29.0. The highest BCUT2D eigenvalue weighted by Gasteiger charge is 2.38. The van der Waals surface area contributed by atoms with Crippen LogP contribution in [0.15, 0.2) is 188 Å². The van der Waals surface area contributed by atoms with E-state index in [0.29, 0.717) is 0 Å². The molecule has 3 nitrogen and oxygen atoms in total. The molecule has 0 saturated heterocycles. The monoisotopic (exact) mass is 751 g/mol. The van der Waals surface area contributed by atoms with Gasteiger partial charge in [-0.05, 0) is 132 Å². The summed E-state index contributed by atoms with van der Waals surface area (Å²) in [5.41, 5.74) is 14.4. The maximum Gasteiger partial charge on any atom is 0.145 e. The number of pyridine rings is 1. The summed E-state index contributed by atoms with van der Waals surface area (Å²) in [5.74, 6) is 0. The molecule has 3 heterocycles. The quantitative estimate of drug-likeness (QED) is 0.165. The van der Waals surface area contributed by atoms with Gasteiger partial charge in [-0.3, -0.25) is 4.57 Å². The van der Waals surface area contributed by atoms with Gasteiger partial charge in [0.15, 0.2) is 0 Å². The van der Waals surface area contributed by atoms with Crippen LogP contribution in [-0.4, -0.2) is 14.1 Å². The summed E-state index contributed by atoms with van der Waals surface area (Å²) in [4.78, 5) is 5.07. The zero-order valence-electron chi connectivity index (χ0n) is 32.7. The molecule has 0 atom stereocenters. The molecule has 276 valence electrons. The van der Waals surface area contributed by atoms with E-state index >= 15 is 0 Å². The number of hydrogen-bond acceptors (Lipinski definition) is 1. The van der Waals surface area contributed by atoms with Crippen molar-refractivity contribution in [3.63, 3.8) is 0 Å². The van der Waals surface area contributed by atoms with Crippen molar-refractivity contribution in [3.05, 3.63) is 199 Å². The van der Waals surface area contributed by atoms with Gasteiger partial charge in [0.1, 0.15) is 5.65 Å². The van der Waals surface area contributed by atoms with E-state index in [1.54, 1.807) is 0 Å². The van der Waals surface area contributed by atoms with Gasteiger partial charge in [-0.25, -0.2) is 4.98 Å². The molecule has 0 fully saturated rings. The molecule has 0 amide bonds. The van der Waals surface area contributed by atoms with Crippen molar-refractivity contribution in [2.24, 2.45) is 0 Å². The summed E-state index contributed by atoms with van der Waals surface area (Å²) < 4.78 is 4.76. The molecule has 0 unspecified atom stereocenters. The first kappa shape index (κ1) is 32.6. The third-order valence-electron chi connectivity index (χ3n) is 13.3. The molecule has 0 N–H and O–H groups in total. The van der Waals surface area contributed by atoms with Gasteiger partial charge in [-0.2, -0.15) is 0 Å². The van der Waals surface area contributed by atoms with Crippen molar-refractivity contribution in [3.8, 4) is 33.6 Å². The van der Waals surface area contributed by atoms with E-state index in [0.717, 1.165) is 11.3 Å². The minimum absolute atomic E-state index is 0.182. The zero-order valence-corrected chi connectivity index (χ0v) is 32.7. The standard InChI is InChI=1S/C56H37N3/c1-56(2)48-27-26-43-40-20-7-6-18-38(40)39-19-8-9-22-42(39)53(43)54(48)47-33-52-46(32-49(47)56)44-23-13-29-57-55(44)59(52)37-17-12-14-34(30-37)35-25-28-51-45(31-35)41-21-10-11-24-50(41)58(51)36-15-4-3-5-16-36/h3-33H,1-2H3. The number of benzene rings is 9. The summed E-state index contributed by atoms with van der Waals surface area (Å²) in [7, 11) is 0. The van der Waals surface area contributed by atoms with E-state index in [2.05, 4.69) is 205 Å². The average molecular weight is 752 g/mol. The van der Waals surface area contributed by atoms with Crippen LogP contribution in [0.2, 0.25) is 0 Å². The van der Waals surface area contributed by atoms with Gasteiger partial charge in [0.05, 0.1) is 16.6 Å². The van der Waals surface area contributed by atoms with Crippen LogP contribution >= 0.6 is 0 Å². The summed E-state index contributed by atoms with van der Waals surface area (Å²) in [6.45, 7) is 4.79. The zero-order chi connectivity index (χ0) is 39.0. The predicted molar refractivity (Wildman–Crippen MR) is 248 cm³/mol. The largest absolute Gasteiger partial charge is 0.309 e. The second kappa shape index (κ2) is 11.8. The summed E-state index contributed by atoms with van der Waals surface area (Å²) in [5, 5.41) is 12.7. The highest BCUT2D eigenvalue weighted by atomic mass is 15.0. The molecule has 0 bridgehead atoms. The van der Waals surface area contributed by atoms with Gasteiger partial charge in [-0.1, -0.05) is 129 Å². The number of aromatic nitrogens is 3. The van der Waals surface area contributed by atoms with Crippen LogP contribution in [0, 0.1) is 0 Å². The van der Waals surface area contributed by atoms with Crippen molar-refractivity contribution in [1.29, 1.82) is 0 Å². The lowest BCUT2D eigenvalue weighted by Crippen LogP contribution is -2.14. The number of fused-ring (bicyclic) bond motifs is 16. The van der Waals surface area contributed by atoms with E-state index in [1.165, 1.54) is 109 Å². The molecule has 12 aromatic rings. The third kappa shape index (κ3) is 4.39.